The van der Waals surface area contributed by atoms with E-state index >= 15 is 0 Å². The molecule has 1 aliphatic carbocycles. The van der Waals surface area contributed by atoms with E-state index in [1.165, 1.54) is 28.3 Å². The minimum atomic E-state index is -1.05. The van der Waals surface area contributed by atoms with Gasteiger partial charge in [0.25, 0.3) is 0 Å². The average Bonchev–Trinajstić information content (AvgIpc) is 3.42. The van der Waals surface area contributed by atoms with Crippen molar-refractivity contribution in [2.45, 2.75) is 39.0 Å². The first-order valence-electron chi connectivity index (χ1n) is 11.9. The molecule has 3 aromatic carbocycles. The number of aromatic carboxylic acids is 1. The lowest BCUT2D eigenvalue weighted by molar-refractivity contribution is -0.112. The number of nitrogens with zero attached hydrogens (tertiary/aromatic N) is 3. The highest BCUT2D eigenvalue weighted by Crippen LogP contribution is 2.38. The van der Waals surface area contributed by atoms with Gasteiger partial charge in [-0.15, -0.1) is 0 Å². The maximum Gasteiger partial charge on any atom is 0.335 e. The van der Waals surface area contributed by atoms with E-state index in [1.54, 1.807) is 37.3 Å². The number of rotatable bonds is 6. The normalized spacial score (nSPS) is 17.9. The monoisotopic (exact) mass is 482 g/mol. The standard InChI is InChI=1S/C28H26N4O4/c1-3-17-10-11-18-12-13-21(15-23(17)18)32-27(34)25(16(2)31-32)30-29-24-9-5-8-22(26(24)33)19-6-4-7-20(14-19)28(35)36/h4-9,12-15,17,29,33H,3,10-11H2,1-2H3,(H,35,36). The van der Waals surface area contributed by atoms with Gasteiger partial charge in [0, 0.05) is 5.56 Å². The summed E-state index contributed by atoms with van der Waals surface area (Å²) in [7, 11) is 0. The molecule has 8 heteroatoms. The van der Waals surface area contributed by atoms with Gasteiger partial charge in [0.2, 0.25) is 0 Å². The van der Waals surface area contributed by atoms with Crippen LogP contribution in [-0.4, -0.2) is 33.5 Å². The number of amides is 1. The molecule has 0 bridgehead atoms. The van der Waals surface area contributed by atoms with Crippen LogP contribution in [0.25, 0.3) is 11.1 Å². The highest BCUT2D eigenvalue weighted by atomic mass is 16.4. The van der Waals surface area contributed by atoms with Gasteiger partial charge in [-0.3, -0.25) is 10.2 Å². The van der Waals surface area contributed by atoms with Gasteiger partial charge in [-0.1, -0.05) is 37.3 Å². The van der Waals surface area contributed by atoms with Crippen LogP contribution in [0.2, 0.25) is 0 Å². The molecule has 36 heavy (non-hydrogen) atoms. The van der Waals surface area contributed by atoms with Crippen LogP contribution in [0, 0.1) is 0 Å². The molecule has 1 atom stereocenters. The van der Waals surface area contributed by atoms with Gasteiger partial charge < -0.3 is 10.2 Å². The lowest BCUT2D eigenvalue weighted by atomic mass is 9.98. The molecular formula is C28H26N4O4. The number of carbonyl (C=O) groups excluding carboxylic acids is 1. The summed E-state index contributed by atoms with van der Waals surface area (Å²) in [4.78, 5) is 24.5. The highest BCUT2D eigenvalue weighted by Gasteiger charge is 2.32. The molecule has 0 radical (unpaired) electrons. The number of hydrogen-bond donors (Lipinski definition) is 3. The Balaban J connectivity index is 1.40. The van der Waals surface area contributed by atoms with Crippen LogP contribution in [0.5, 0.6) is 5.75 Å². The summed E-state index contributed by atoms with van der Waals surface area (Å²) in [6.07, 6.45) is 3.25. The Morgan fingerprint density at radius 1 is 1.17 bits per heavy atom. The number of anilines is 2. The number of phenols is 1. The number of fused-ring (bicyclic) bond motifs is 1. The van der Waals surface area contributed by atoms with Crippen molar-refractivity contribution in [1.29, 1.82) is 0 Å². The van der Waals surface area contributed by atoms with E-state index in [0.29, 0.717) is 28.4 Å². The fraction of sp³-hybridized carbons (Fsp3) is 0.214. The Morgan fingerprint density at radius 2 is 1.97 bits per heavy atom. The maximum absolute atomic E-state index is 13.2. The molecule has 1 amide bonds. The number of carbonyl (C=O) groups is 2. The molecule has 182 valence electrons. The van der Waals surface area contributed by atoms with Gasteiger partial charge in [0.15, 0.2) is 5.71 Å². The summed E-state index contributed by atoms with van der Waals surface area (Å²) in [6, 6.07) is 17.4. The molecule has 0 spiro atoms. The molecule has 0 fully saturated rings. The predicted molar refractivity (Wildman–Crippen MR) is 140 cm³/mol. The number of benzene rings is 3. The molecule has 0 saturated heterocycles. The zero-order valence-electron chi connectivity index (χ0n) is 20.0. The first-order valence-corrected chi connectivity index (χ1v) is 11.9. The number of phenolic OH excluding ortho intramolecular Hbond substituents is 1. The van der Waals surface area contributed by atoms with E-state index in [0.717, 1.165) is 19.3 Å². The Labute approximate surface area is 208 Å². The van der Waals surface area contributed by atoms with Crippen molar-refractivity contribution in [3.05, 3.63) is 77.4 Å². The van der Waals surface area contributed by atoms with Crippen LogP contribution >= 0.6 is 0 Å². The van der Waals surface area contributed by atoms with Gasteiger partial charge in [-0.05, 0) is 79.1 Å². The second-order valence-corrected chi connectivity index (χ2v) is 8.99. The Kier molecular flexibility index (Phi) is 6.01. The van der Waals surface area contributed by atoms with Gasteiger partial charge in [0.05, 0.1) is 22.6 Å². The number of carboxylic acid groups (broad SMARTS) is 1. The van der Waals surface area contributed by atoms with Crippen molar-refractivity contribution >= 4 is 34.7 Å². The molecule has 5 rings (SSSR count). The zero-order chi connectivity index (χ0) is 25.4. The molecule has 3 aromatic rings. The molecule has 1 heterocycles. The fourth-order valence-corrected chi connectivity index (χ4v) is 4.84. The third kappa shape index (κ3) is 4.11. The largest absolute Gasteiger partial charge is 0.505 e. The maximum atomic E-state index is 13.2. The Morgan fingerprint density at radius 3 is 2.75 bits per heavy atom. The van der Waals surface area contributed by atoms with Crippen molar-refractivity contribution in [3.8, 4) is 16.9 Å². The van der Waals surface area contributed by atoms with E-state index in [4.69, 9.17) is 0 Å². The summed E-state index contributed by atoms with van der Waals surface area (Å²) in [6.45, 7) is 3.90. The van der Waals surface area contributed by atoms with Crippen LogP contribution in [0.4, 0.5) is 11.4 Å². The molecule has 1 unspecified atom stereocenters. The molecular weight excluding hydrogens is 456 g/mol. The number of nitrogens with one attached hydrogen (secondary N) is 1. The molecule has 0 aromatic heterocycles. The lowest BCUT2D eigenvalue weighted by Gasteiger charge is -2.15. The van der Waals surface area contributed by atoms with Crippen molar-refractivity contribution in [3.63, 3.8) is 0 Å². The van der Waals surface area contributed by atoms with Crippen LogP contribution in [-0.2, 0) is 11.2 Å². The number of aromatic hydroxyl groups is 1. The third-order valence-electron chi connectivity index (χ3n) is 6.80. The summed E-state index contributed by atoms with van der Waals surface area (Å²) in [5, 5.41) is 30.2. The topological polar surface area (TPSA) is 115 Å². The predicted octanol–water partition coefficient (Wildman–Crippen LogP) is 5.39. The average molecular weight is 483 g/mol. The molecule has 1 aliphatic heterocycles. The molecule has 0 saturated carbocycles. The summed E-state index contributed by atoms with van der Waals surface area (Å²) >= 11 is 0. The van der Waals surface area contributed by atoms with Crippen LogP contribution in [0.1, 0.15) is 54.1 Å². The number of aryl methyl sites for hydroxylation is 1. The van der Waals surface area contributed by atoms with Crippen molar-refractivity contribution in [2.75, 3.05) is 10.4 Å². The van der Waals surface area contributed by atoms with Gasteiger partial charge >= 0.3 is 11.9 Å². The quantitative estimate of drug-likeness (QED) is 0.322. The van der Waals surface area contributed by atoms with E-state index < -0.39 is 5.97 Å². The zero-order valence-corrected chi connectivity index (χ0v) is 20.0. The number of para-hydroxylation sites is 1. The first-order chi connectivity index (χ1) is 17.4. The molecule has 8 nitrogen and oxygen atoms in total. The highest BCUT2D eigenvalue weighted by molar-refractivity contribution is 6.71. The molecule has 2 aliphatic rings. The van der Waals surface area contributed by atoms with Gasteiger partial charge in [-0.25, -0.2) is 4.79 Å². The fourth-order valence-electron chi connectivity index (χ4n) is 4.84. The van der Waals surface area contributed by atoms with Crippen molar-refractivity contribution in [2.24, 2.45) is 10.2 Å². The Hall–Kier alpha value is -4.46. The minimum Gasteiger partial charge on any atom is -0.505 e. The SMILES string of the molecule is CCC1CCc2ccc(N3N=C(C)C(=NNc4cccc(-c5cccc(C(=O)O)c5)c4O)C3=O)cc21. The number of hydrazone groups is 2. The van der Waals surface area contributed by atoms with E-state index in [1.807, 2.05) is 6.07 Å². The van der Waals surface area contributed by atoms with Gasteiger partial charge in [0.1, 0.15) is 5.75 Å². The van der Waals surface area contributed by atoms with Crippen LogP contribution < -0.4 is 10.4 Å². The van der Waals surface area contributed by atoms with Crippen LogP contribution in [0.3, 0.4) is 0 Å². The summed E-state index contributed by atoms with van der Waals surface area (Å²) < 4.78 is 0. The van der Waals surface area contributed by atoms with E-state index in [9.17, 15) is 19.8 Å². The van der Waals surface area contributed by atoms with E-state index in [-0.39, 0.29) is 28.6 Å². The number of hydrogen-bond acceptors (Lipinski definition) is 6. The second-order valence-electron chi connectivity index (χ2n) is 8.99. The third-order valence-corrected chi connectivity index (χ3v) is 6.80. The number of carboxylic acids is 1. The Bertz CT molecular complexity index is 1440. The molecule has 3 N–H and O–H groups in total. The van der Waals surface area contributed by atoms with Crippen molar-refractivity contribution < 1.29 is 19.8 Å². The van der Waals surface area contributed by atoms with Crippen molar-refractivity contribution in [1.82, 2.24) is 0 Å². The van der Waals surface area contributed by atoms with Crippen LogP contribution in [0.15, 0.2) is 70.9 Å². The van der Waals surface area contributed by atoms with E-state index in [2.05, 4.69) is 34.7 Å². The smallest absolute Gasteiger partial charge is 0.335 e. The minimum absolute atomic E-state index is 0.106. The summed E-state index contributed by atoms with van der Waals surface area (Å²) in [5.74, 6) is -1.00. The van der Waals surface area contributed by atoms with Gasteiger partial charge in [-0.2, -0.15) is 15.2 Å². The second kappa shape index (κ2) is 9.30. The summed E-state index contributed by atoms with van der Waals surface area (Å²) in [5.41, 5.74) is 8.12. The lowest BCUT2D eigenvalue weighted by Crippen LogP contribution is -2.28. The first kappa shape index (κ1) is 23.3.